The van der Waals surface area contributed by atoms with E-state index in [1.54, 1.807) is 13.3 Å². The van der Waals surface area contributed by atoms with Gasteiger partial charge in [-0.2, -0.15) is 0 Å². The van der Waals surface area contributed by atoms with Gasteiger partial charge in [0.2, 0.25) is 0 Å². The molecule has 2 heterocycles. The van der Waals surface area contributed by atoms with Crippen LogP contribution >= 0.6 is 24.0 Å². The lowest BCUT2D eigenvalue weighted by molar-refractivity contribution is 0.193. The van der Waals surface area contributed by atoms with Crippen LogP contribution in [0.2, 0.25) is 0 Å². The summed E-state index contributed by atoms with van der Waals surface area (Å²) in [6.45, 7) is 11.6. The number of rotatable bonds is 9. The second-order valence-electron chi connectivity index (χ2n) is 6.43. The predicted octanol–water partition coefficient (Wildman–Crippen LogP) is 3.76. The summed E-state index contributed by atoms with van der Waals surface area (Å²) in [7, 11) is 1.76. The summed E-state index contributed by atoms with van der Waals surface area (Å²) < 4.78 is 11.0. The maximum absolute atomic E-state index is 5.64. The number of likely N-dealkylation sites (N-methyl/N-ethyl adjacent to an activating group) is 1. The van der Waals surface area contributed by atoms with E-state index in [4.69, 9.17) is 8.94 Å². The van der Waals surface area contributed by atoms with E-state index in [0.717, 1.165) is 36.3 Å². The van der Waals surface area contributed by atoms with Crippen molar-refractivity contribution < 1.29 is 8.94 Å². The fraction of sp³-hybridized carbons (Fsp3) is 0.579. The minimum Gasteiger partial charge on any atom is -0.468 e. The molecule has 0 bridgehead atoms. The van der Waals surface area contributed by atoms with Crippen molar-refractivity contribution in [1.29, 1.82) is 0 Å². The maximum Gasteiger partial charge on any atom is 0.191 e. The molecule has 2 aromatic heterocycles. The smallest absolute Gasteiger partial charge is 0.191 e. The number of hydrogen-bond acceptors (Lipinski definition) is 5. The van der Waals surface area contributed by atoms with E-state index in [-0.39, 0.29) is 30.0 Å². The average molecular weight is 489 g/mol. The number of nitrogens with zero attached hydrogens (tertiary/aromatic N) is 3. The topological polar surface area (TPSA) is 78.8 Å². The molecule has 27 heavy (non-hydrogen) atoms. The molecule has 0 saturated heterocycles. The molecule has 0 aromatic carbocycles. The van der Waals surface area contributed by atoms with E-state index in [1.807, 2.05) is 18.2 Å². The van der Waals surface area contributed by atoms with E-state index in [1.165, 1.54) is 0 Å². The van der Waals surface area contributed by atoms with Crippen LogP contribution in [-0.4, -0.2) is 42.7 Å². The van der Waals surface area contributed by atoms with Gasteiger partial charge in [0.05, 0.1) is 24.5 Å². The summed E-state index contributed by atoms with van der Waals surface area (Å²) in [5, 5.41) is 10.7. The van der Waals surface area contributed by atoms with Gasteiger partial charge >= 0.3 is 0 Å². The van der Waals surface area contributed by atoms with Crippen molar-refractivity contribution in [3.05, 3.63) is 41.7 Å². The van der Waals surface area contributed by atoms with Crippen molar-refractivity contribution >= 4 is 29.9 Å². The van der Waals surface area contributed by atoms with Crippen molar-refractivity contribution in [2.75, 3.05) is 26.7 Å². The summed E-state index contributed by atoms with van der Waals surface area (Å²) in [4.78, 5) is 6.64. The first-order chi connectivity index (χ1) is 12.6. The maximum atomic E-state index is 5.64. The highest BCUT2D eigenvalue weighted by Gasteiger charge is 2.20. The van der Waals surface area contributed by atoms with Crippen LogP contribution in [0, 0.1) is 0 Å². The van der Waals surface area contributed by atoms with Crippen molar-refractivity contribution in [2.24, 2.45) is 4.99 Å². The zero-order chi connectivity index (χ0) is 18.9. The molecule has 0 fully saturated rings. The zero-order valence-electron chi connectivity index (χ0n) is 16.9. The van der Waals surface area contributed by atoms with E-state index in [2.05, 4.69) is 53.4 Å². The second kappa shape index (κ2) is 12.0. The zero-order valence-corrected chi connectivity index (χ0v) is 19.2. The lowest BCUT2D eigenvalue weighted by Crippen LogP contribution is -2.42. The standard InChI is InChI=1S/C19H31N5O2.HI/c1-6-24(7-2)17(18-9-8-10-25-18)13-22-19(20-5)21-12-15-11-16(14(3)4)23-26-15;/h8-11,14,17H,6-7,12-13H2,1-5H3,(H2,20,21,22);1H. The van der Waals surface area contributed by atoms with E-state index >= 15 is 0 Å². The molecule has 7 nitrogen and oxygen atoms in total. The number of nitrogens with one attached hydrogen (secondary N) is 2. The second-order valence-corrected chi connectivity index (χ2v) is 6.43. The molecular weight excluding hydrogens is 457 g/mol. The molecule has 152 valence electrons. The van der Waals surface area contributed by atoms with Gasteiger partial charge in [-0.1, -0.05) is 32.9 Å². The Balaban J connectivity index is 0.00000364. The molecule has 0 aliphatic heterocycles. The van der Waals surface area contributed by atoms with Gasteiger partial charge in [0.25, 0.3) is 0 Å². The average Bonchev–Trinajstić information content (AvgIpc) is 3.32. The van der Waals surface area contributed by atoms with Gasteiger partial charge in [-0.15, -0.1) is 24.0 Å². The van der Waals surface area contributed by atoms with E-state index < -0.39 is 0 Å². The normalized spacial score (nSPS) is 12.9. The number of guanidine groups is 1. The summed E-state index contributed by atoms with van der Waals surface area (Å²) in [6.07, 6.45) is 1.72. The van der Waals surface area contributed by atoms with Crippen LogP contribution < -0.4 is 10.6 Å². The van der Waals surface area contributed by atoms with Crippen molar-refractivity contribution in [1.82, 2.24) is 20.7 Å². The lowest BCUT2D eigenvalue weighted by Gasteiger charge is -2.28. The quantitative estimate of drug-likeness (QED) is 0.317. The Labute approximate surface area is 179 Å². The largest absolute Gasteiger partial charge is 0.468 e. The third kappa shape index (κ3) is 6.84. The number of furan rings is 1. The molecular formula is C19H32IN5O2. The molecule has 0 spiro atoms. The molecule has 2 rings (SSSR count). The number of aromatic nitrogens is 1. The van der Waals surface area contributed by atoms with Crippen LogP contribution in [-0.2, 0) is 6.54 Å². The third-order valence-corrected chi connectivity index (χ3v) is 4.41. The van der Waals surface area contributed by atoms with Crippen LogP contribution in [0.25, 0.3) is 0 Å². The van der Waals surface area contributed by atoms with Crippen molar-refractivity contribution in [3.8, 4) is 0 Å². The first-order valence-electron chi connectivity index (χ1n) is 9.26. The molecule has 0 aliphatic rings. The van der Waals surface area contributed by atoms with Crippen LogP contribution in [0.1, 0.15) is 56.9 Å². The van der Waals surface area contributed by atoms with Gasteiger partial charge in [-0.25, -0.2) is 0 Å². The van der Waals surface area contributed by atoms with Gasteiger partial charge < -0.3 is 19.6 Å². The van der Waals surface area contributed by atoms with Gasteiger partial charge in [-0.05, 0) is 31.1 Å². The summed E-state index contributed by atoms with van der Waals surface area (Å²) >= 11 is 0. The van der Waals surface area contributed by atoms with Gasteiger partial charge in [0, 0.05) is 19.7 Å². The third-order valence-electron chi connectivity index (χ3n) is 4.41. The van der Waals surface area contributed by atoms with Crippen LogP contribution in [0.4, 0.5) is 0 Å². The number of aliphatic imine (C=N–C) groups is 1. The molecule has 1 unspecified atom stereocenters. The Kier molecular flexibility index (Phi) is 10.5. The van der Waals surface area contributed by atoms with E-state index in [9.17, 15) is 0 Å². The van der Waals surface area contributed by atoms with Gasteiger partial charge in [0.1, 0.15) is 5.76 Å². The van der Waals surface area contributed by atoms with E-state index in [0.29, 0.717) is 19.0 Å². The highest BCUT2D eigenvalue weighted by atomic mass is 127. The Morgan fingerprint density at radius 2 is 2.00 bits per heavy atom. The highest BCUT2D eigenvalue weighted by molar-refractivity contribution is 14.0. The lowest BCUT2D eigenvalue weighted by atomic mass is 10.1. The minimum atomic E-state index is 0. The Bertz CT molecular complexity index is 665. The molecule has 8 heteroatoms. The molecule has 1 atom stereocenters. The van der Waals surface area contributed by atoms with Crippen LogP contribution in [0.5, 0.6) is 0 Å². The first kappa shape index (κ1) is 23.5. The molecule has 2 aromatic rings. The summed E-state index contributed by atoms with van der Waals surface area (Å²) in [6, 6.07) is 6.07. The Hall–Kier alpha value is -1.55. The molecule has 2 N–H and O–H groups in total. The van der Waals surface area contributed by atoms with Crippen molar-refractivity contribution in [3.63, 3.8) is 0 Å². The first-order valence-corrected chi connectivity index (χ1v) is 9.26. The monoisotopic (exact) mass is 489 g/mol. The molecule has 0 aliphatic carbocycles. The van der Waals surface area contributed by atoms with Gasteiger partial charge in [-0.3, -0.25) is 9.89 Å². The molecule has 0 amide bonds. The predicted molar refractivity (Wildman–Crippen MR) is 119 cm³/mol. The Morgan fingerprint density at radius 1 is 1.26 bits per heavy atom. The molecule has 0 saturated carbocycles. The van der Waals surface area contributed by atoms with Crippen molar-refractivity contribution in [2.45, 2.75) is 46.2 Å². The SMILES string of the molecule is CCN(CC)C(CNC(=NC)NCc1cc(C(C)C)no1)c1ccco1.I. The summed E-state index contributed by atoms with van der Waals surface area (Å²) in [5.41, 5.74) is 0.962. The number of hydrogen-bond donors (Lipinski definition) is 2. The summed E-state index contributed by atoms with van der Waals surface area (Å²) in [5.74, 6) is 2.82. The van der Waals surface area contributed by atoms with Gasteiger partial charge in [0.15, 0.2) is 11.7 Å². The van der Waals surface area contributed by atoms with Crippen LogP contribution in [0.15, 0.2) is 38.4 Å². The Morgan fingerprint density at radius 3 is 2.52 bits per heavy atom. The fourth-order valence-electron chi connectivity index (χ4n) is 2.82. The number of halogens is 1. The molecule has 0 radical (unpaired) electrons. The fourth-order valence-corrected chi connectivity index (χ4v) is 2.82. The highest BCUT2D eigenvalue weighted by Crippen LogP contribution is 2.20. The minimum absolute atomic E-state index is 0. The van der Waals surface area contributed by atoms with Crippen LogP contribution in [0.3, 0.4) is 0 Å².